The molecule has 0 aromatic heterocycles. The fourth-order valence-electron chi connectivity index (χ4n) is 2.45. The van der Waals surface area contributed by atoms with Gasteiger partial charge in [-0.15, -0.1) is 0 Å². The van der Waals surface area contributed by atoms with Crippen molar-refractivity contribution < 1.29 is 4.79 Å². The van der Waals surface area contributed by atoms with E-state index in [1.807, 2.05) is 0 Å². The second kappa shape index (κ2) is 5.95. The van der Waals surface area contributed by atoms with E-state index in [0.717, 1.165) is 26.1 Å². The molecule has 1 aromatic rings. The number of anilines is 1. The molecule has 0 aliphatic carbocycles. The predicted molar refractivity (Wildman–Crippen MR) is 78.6 cm³/mol. The summed E-state index contributed by atoms with van der Waals surface area (Å²) < 4.78 is 0. The standard InChI is InChI=1S/C15H23N3O/c1-12-5-4-6-14(9-12)18-8-7-13(11-18)10-16-15(19)17(2)3/h4-6,9,13H,7-8,10-11H2,1-3H3,(H,16,19). The van der Waals surface area contributed by atoms with Crippen molar-refractivity contribution in [2.24, 2.45) is 5.92 Å². The number of hydrogen-bond acceptors (Lipinski definition) is 2. The molecule has 19 heavy (non-hydrogen) atoms. The van der Waals surface area contributed by atoms with Gasteiger partial charge in [-0.05, 0) is 37.0 Å². The zero-order chi connectivity index (χ0) is 13.8. The number of carbonyl (C=O) groups is 1. The Balaban J connectivity index is 1.85. The molecule has 0 bridgehead atoms. The van der Waals surface area contributed by atoms with Crippen LogP contribution in [-0.4, -0.2) is 44.7 Å². The minimum absolute atomic E-state index is 0.00555. The molecule has 0 saturated carbocycles. The highest BCUT2D eigenvalue weighted by Gasteiger charge is 2.23. The lowest BCUT2D eigenvalue weighted by Crippen LogP contribution is -2.38. The van der Waals surface area contributed by atoms with E-state index in [1.165, 1.54) is 11.3 Å². The van der Waals surface area contributed by atoms with Crippen molar-refractivity contribution >= 4 is 11.7 Å². The summed E-state index contributed by atoms with van der Waals surface area (Å²) >= 11 is 0. The first-order chi connectivity index (χ1) is 9.06. The number of aryl methyl sites for hydroxylation is 1. The molecule has 104 valence electrons. The summed E-state index contributed by atoms with van der Waals surface area (Å²) in [5, 5.41) is 2.97. The maximum absolute atomic E-state index is 11.5. The Bertz CT molecular complexity index is 445. The van der Waals surface area contributed by atoms with Gasteiger partial charge in [-0.3, -0.25) is 0 Å². The van der Waals surface area contributed by atoms with Gasteiger partial charge in [0.1, 0.15) is 0 Å². The van der Waals surface area contributed by atoms with E-state index in [0.29, 0.717) is 5.92 Å². The summed E-state index contributed by atoms with van der Waals surface area (Å²) in [6.07, 6.45) is 1.14. The zero-order valence-electron chi connectivity index (χ0n) is 12.0. The molecule has 1 N–H and O–H groups in total. The second-order valence-corrected chi connectivity index (χ2v) is 5.52. The van der Waals surface area contributed by atoms with E-state index in [9.17, 15) is 4.79 Å². The van der Waals surface area contributed by atoms with Crippen molar-refractivity contribution in [1.82, 2.24) is 10.2 Å². The molecule has 1 heterocycles. The molecule has 1 saturated heterocycles. The Morgan fingerprint density at radius 1 is 1.47 bits per heavy atom. The molecule has 0 spiro atoms. The molecule has 1 aliphatic rings. The normalized spacial score (nSPS) is 18.5. The maximum atomic E-state index is 11.5. The van der Waals surface area contributed by atoms with Gasteiger partial charge in [-0.25, -0.2) is 4.79 Å². The number of amides is 2. The second-order valence-electron chi connectivity index (χ2n) is 5.52. The molecule has 4 heteroatoms. The molecule has 1 aromatic carbocycles. The van der Waals surface area contributed by atoms with Gasteiger partial charge >= 0.3 is 6.03 Å². The van der Waals surface area contributed by atoms with Crippen LogP contribution in [0, 0.1) is 12.8 Å². The van der Waals surface area contributed by atoms with Crippen LogP contribution in [0.4, 0.5) is 10.5 Å². The Morgan fingerprint density at radius 2 is 2.26 bits per heavy atom. The zero-order valence-corrected chi connectivity index (χ0v) is 12.0. The van der Waals surface area contributed by atoms with Crippen LogP contribution in [0.5, 0.6) is 0 Å². The summed E-state index contributed by atoms with van der Waals surface area (Å²) in [4.78, 5) is 15.5. The lowest BCUT2D eigenvalue weighted by atomic mass is 10.1. The first-order valence-corrected chi connectivity index (χ1v) is 6.83. The van der Waals surface area contributed by atoms with Gasteiger partial charge in [0.15, 0.2) is 0 Å². The first kappa shape index (κ1) is 13.7. The minimum Gasteiger partial charge on any atom is -0.371 e. The molecule has 0 radical (unpaired) electrons. The fraction of sp³-hybridized carbons (Fsp3) is 0.533. The van der Waals surface area contributed by atoms with Gasteiger partial charge < -0.3 is 15.1 Å². The average molecular weight is 261 g/mol. The topological polar surface area (TPSA) is 35.6 Å². The third-order valence-electron chi connectivity index (χ3n) is 3.60. The SMILES string of the molecule is Cc1cccc(N2CCC(CNC(=O)N(C)C)C2)c1. The highest BCUT2D eigenvalue weighted by Crippen LogP contribution is 2.24. The van der Waals surface area contributed by atoms with Crippen LogP contribution in [-0.2, 0) is 0 Å². The summed E-state index contributed by atoms with van der Waals surface area (Å²) in [5.41, 5.74) is 2.59. The largest absolute Gasteiger partial charge is 0.371 e. The van der Waals surface area contributed by atoms with Gasteiger partial charge in [0.2, 0.25) is 0 Å². The minimum atomic E-state index is -0.00555. The van der Waals surface area contributed by atoms with Crippen LogP contribution in [0.2, 0.25) is 0 Å². The number of hydrogen-bond donors (Lipinski definition) is 1. The Morgan fingerprint density at radius 3 is 2.95 bits per heavy atom. The van der Waals surface area contributed by atoms with Crippen molar-refractivity contribution in [1.29, 1.82) is 0 Å². The number of rotatable bonds is 3. The van der Waals surface area contributed by atoms with Crippen molar-refractivity contribution in [2.75, 3.05) is 38.6 Å². The smallest absolute Gasteiger partial charge is 0.316 e. The van der Waals surface area contributed by atoms with Crippen LogP contribution >= 0.6 is 0 Å². The summed E-state index contributed by atoms with van der Waals surface area (Å²) in [7, 11) is 3.53. The van der Waals surface area contributed by atoms with Crippen LogP contribution in [0.15, 0.2) is 24.3 Å². The van der Waals surface area contributed by atoms with E-state index in [-0.39, 0.29) is 6.03 Å². The quantitative estimate of drug-likeness (QED) is 0.904. The van der Waals surface area contributed by atoms with Gasteiger partial charge in [0.05, 0.1) is 0 Å². The van der Waals surface area contributed by atoms with Crippen molar-refractivity contribution in [2.45, 2.75) is 13.3 Å². The van der Waals surface area contributed by atoms with Gasteiger partial charge in [0.25, 0.3) is 0 Å². The van der Waals surface area contributed by atoms with Crippen LogP contribution in [0.3, 0.4) is 0 Å². The van der Waals surface area contributed by atoms with E-state index in [2.05, 4.69) is 41.4 Å². The molecule has 2 amide bonds. The van der Waals surface area contributed by atoms with E-state index in [1.54, 1.807) is 19.0 Å². The number of benzene rings is 1. The van der Waals surface area contributed by atoms with Gasteiger partial charge in [-0.2, -0.15) is 0 Å². The Labute approximate surface area is 115 Å². The van der Waals surface area contributed by atoms with Crippen molar-refractivity contribution in [3.8, 4) is 0 Å². The van der Waals surface area contributed by atoms with E-state index >= 15 is 0 Å². The molecular weight excluding hydrogens is 238 g/mol. The van der Waals surface area contributed by atoms with E-state index < -0.39 is 0 Å². The number of carbonyl (C=O) groups excluding carboxylic acids is 1. The van der Waals surface area contributed by atoms with Crippen molar-refractivity contribution in [3.05, 3.63) is 29.8 Å². The third-order valence-corrected chi connectivity index (χ3v) is 3.60. The molecular formula is C15H23N3O. The Kier molecular flexibility index (Phi) is 4.30. The average Bonchev–Trinajstić information content (AvgIpc) is 2.84. The highest BCUT2D eigenvalue weighted by molar-refractivity contribution is 5.73. The lowest BCUT2D eigenvalue weighted by Gasteiger charge is -2.20. The summed E-state index contributed by atoms with van der Waals surface area (Å²) in [6, 6.07) is 8.60. The van der Waals surface area contributed by atoms with Crippen LogP contribution in [0.25, 0.3) is 0 Å². The number of urea groups is 1. The third kappa shape index (κ3) is 3.63. The maximum Gasteiger partial charge on any atom is 0.316 e. The Hall–Kier alpha value is -1.71. The molecule has 1 unspecified atom stereocenters. The number of nitrogens with zero attached hydrogens (tertiary/aromatic N) is 2. The summed E-state index contributed by atoms with van der Waals surface area (Å²) in [5.74, 6) is 0.546. The highest BCUT2D eigenvalue weighted by atomic mass is 16.2. The van der Waals surface area contributed by atoms with Gasteiger partial charge in [-0.1, -0.05) is 12.1 Å². The fourth-order valence-corrected chi connectivity index (χ4v) is 2.45. The lowest BCUT2D eigenvalue weighted by molar-refractivity contribution is 0.216. The molecule has 1 atom stereocenters. The predicted octanol–water partition coefficient (Wildman–Crippen LogP) is 2.09. The molecule has 4 nitrogen and oxygen atoms in total. The van der Waals surface area contributed by atoms with Crippen molar-refractivity contribution in [3.63, 3.8) is 0 Å². The van der Waals surface area contributed by atoms with Crippen LogP contribution < -0.4 is 10.2 Å². The first-order valence-electron chi connectivity index (χ1n) is 6.83. The number of nitrogens with one attached hydrogen (secondary N) is 1. The van der Waals surface area contributed by atoms with E-state index in [4.69, 9.17) is 0 Å². The van der Waals surface area contributed by atoms with Gasteiger partial charge in [0, 0.05) is 39.4 Å². The molecule has 2 rings (SSSR count). The monoisotopic (exact) mass is 261 g/mol. The summed E-state index contributed by atoms with van der Waals surface area (Å²) in [6.45, 7) is 4.98. The molecule has 1 fully saturated rings. The molecule has 1 aliphatic heterocycles. The van der Waals surface area contributed by atoms with Crippen LogP contribution in [0.1, 0.15) is 12.0 Å².